The Labute approximate surface area is 109 Å². The van der Waals surface area contributed by atoms with E-state index in [1.807, 2.05) is 4.90 Å². The number of carbonyl (C=O) groups excluding carboxylic acids is 2. The van der Waals surface area contributed by atoms with Crippen molar-refractivity contribution in [3.05, 3.63) is 11.1 Å². The van der Waals surface area contributed by atoms with E-state index in [9.17, 15) is 9.59 Å². The molecule has 1 aromatic heterocycles. The molecule has 0 aromatic carbocycles. The van der Waals surface area contributed by atoms with Gasteiger partial charge in [0, 0.05) is 26.1 Å². The Balaban J connectivity index is 1.64. The Morgan fingerprint density at radius 2 is 2.22 bits per heavy atom. The van der Waals surface area contributed by atoms with E-state index in [1.54, 1.807) is 0 Å². The van der Waals surface area contributed by atoms with Crippen LogP contribution in [-0.4, -0.2) is 45.9 Å². The number of aromatic nitrogens is 2. The minimum Gasteiger partial charge on any atom is -0.356 e. The number of hydrogen-bond donors (Lipinski definition) is 1. The van der Waals surface area contributed by atoms with Gasteiger partial charge in [0.05, 0.1) is 6.20 Å². The lowest BCUT2D eigenvalue weighted by atomic mass is 9.77. The molecule has 2 saturated heterocycles. The van der Waals surface area contributed by atoms with E-state index in [1.165, 1.54) is 6.20 Å². The van der Waals surface area contributed by atoms with E-state index in [-0.39, 0.29) is 17.2 Å². The van der Waals surface area contributed by atoms with Crippen LogP contribution in [0.1, 0.15) is 28.9 Å². The lowest BCUT2D eigenvalue weighted by molar-refractivity contribution is -0.119. The standard InChI is InChI=1S/C11H14N4O2S/c16-9-5-11(7-12-9)1-3-15(4-2-11)10(17)8-6-13-14-18-8/h6H,1-5,7H2,(H,12,16). The lowest BCUT2D eigenvalue weighted by Gasteiger charge is -2.37. The molecular weight excluding hydrogens is 252 g/mol. The van der Waals surface area contributed by atoms with E-state index in [2.05, 4.69) is 14.9 Å². The van der Waals surface area contributed by atoms with Crippen LogP contribution in [0.15, 0.2) is 6.20 Å². The van der Waals surface area contributed by atoms with Crippen LogP contribution < -0.4 is 5.32 Å². The van der Waals surface area contributed by atoms with Crippen molar-refractivity contribution in [2.45, 2.75) is 19.3 Å². The monoisotopic (exact) mass is 266 g/mol. The van der Waals surface area contributed by atoms with Crippen molar-refractivity contribution in [3.63, 3.8) is 0 Å². The molecule has 6 nitrogen and oxygen atoms in total. The molecule has 3 heterocycles. The van der Waals surface area contributed by atoms with Crippen LogP contribution in [-0.2, 0) is 4.79 Å². The van der Waals surface area contributed by atoms with Gasteiger partial charge >= 0.3 is 0 Å². The number of nitrogens with one attached hydrogen (secondary N) is 1. The predicted octanol–water partition coefficient (Wildman–Crippen LogP) is 0.280. The molecule has 2 aliphatic rings. The summed E-state index contributed by atoms with van der Waals surface area (Å²) in [6, 6.07) is 0. The molecule has 0 atom stereocenters. The molecule has 1 spiro atoms. The predicted molar refractivity (Wildman–Crippen MR) is 65.1 cm³/mol. The minimum absolute atomic E-state index is 0.0112. The average molecular weight is 266 g/mol. The summed E-state index contributed by atoms with van der Waals surface area (Å²) in [4.78, 5) is 25.8. The number of likely N-dealkylation sites (tertiary alicyclic amines) is 1. The van der Waals surface area contributed by atoms with Gasteiger partial charge in [0.1, 0.15) is 4.88 Å². The second-order valence-corrected chi connectivity index (χ2v) is 5.81. The Kier molecular flexibility index (Phi) is 2.77. The number of rotatable bonds is 1. The van der Waals surface area contributed by atoms with Crippen LogP contribution in [0.25, 0.3) is 0 Å². The summed E-state index contributed by atoms with van der Waals surface area (Å²) in [5.74, 6) is 0.151. The Morgan fingerprint density at radius 1 is 1.44 bits per heavy atom. The number of nitrogens with zero attached hydrogens (tertiary/aromatic N) is 3. The van der Waals surface area contributed by atoms with Crippen LogP contribution in [0.2, 0.25) is 0 Å². The van der Waals surface area contributed by atoms with E-state index in [0.29, 0.717) is 24.4 Å². The summed E-state index contributed by atoms with van der Waals surface area (Å²) in [6.45, 7) is 2.19. The fraction of sp³-hybridized carbons (Fsp3) is 0.636. The van der Waals surface area contributed by atoms with E-state index >= 15 is 0 Å². The summed E-state index contributed by atoms with van der Waals surface area (Å²) >= 11 is 1.13. The first-order chi connectivity index (χ1) is 8.69. The zero-order valence-corrected chi connectivity index (χ0v) is 10.7. The molecule has 18 heavy (non-hydrogen) atoms. The quantitative estimate of drug-likeness (QED) is 0.792. The van der Waals surface area contributed by atoms with Crippen LogP contribution in [0.5, 0.6) is 0 Å². The maximum absolute atomic E-state index is 12.1. The Morgan fingerprint density at radius 3 is 2.78 bits per heavy atom. The van der Waals surface area contributed by atoms with E-state index in [0.717, 1.165) is 30.9 Å². The summed E-state index contributed by atoms with van der Waals surface area (Å²) in [7, 11) is 0. The van der Waals surface area contributed by atoms with Gasteiger partial charge in [-0.1, -0.05) is 4.49 Å². The Hall–Kier alpha value is -1.50. The number of carbonyl (C=O) groups is 2. The third-order valence-electron chi connectivity index (χ3n) is 3.88. The normalized spacial score (nSPS) is 22.2. The smallest absolute Gasteiger partial charge is 0.267 e. The van der Waals surface area contributed by atoms with Gasteiger partial charge in [-0.05, 0) is 29.8 Å². The summed E-state index contributed by atoms with van der Waals surface area (Å²) in [6.07, 6.45) is 3.91. The highest BCUT2D eigenvalue weighted by molar-refractivity contribution is 7.07. The van der Waals surface area contributed by atoms with Crippen molar-refractivity contribution in [1.82, 2.24) is 19.8 Å². The second kappa shape index (κ2) is 4.31. The molecule has 2 amide bonds. The molecule has 3 rings (SSSR count). The van der Waals surface area contributed by atoms with Gasteiger partial charge < -0.3 is 10.2 Å². The van der Waals surface area contributed by atoms with Crippen molar-refractivity contribution in [2.24, 2.45) is 5.41 Å². The summed E-state index contributed by atoms with van der Waals surface area (Å²) in [5, 5.41) is 6.58. The second-order valence-electron chi connectivity index (χ2n) is 5.03. The van der Waals surface area contributed by atoms with Crippen molar-refractivity contribution >= 4 is 23.3 Å². The molecule has 7 heteroatoms. The molecular formula is C11H14N4O2S. The molecule has 2 aliphatic heterocycles. The van der Waals surface area contributed by atoms with Gasteiger partial charge in [0.2, 0.25) is 5.91 Å². The fourth-order valence-electron chi connectivity index (χ4n) is 2.71. The third kappa shape index (κ3) is 1.98. The van der Waals surface area contributed by atoms with Crippen molar-refractivity contribution in [3.8, 4) is 0 Å². The van der Waals surface area contributed by atoms with Crippen molar-refractivity contribution in [2.75, 3.05) is 19.6 Å². The first-order valence-electron chi connectivity index (χ1n) is 6.02. The number of hydrogen-bond acceptors (Lipinski definition) is 5. The van der Waals surface area contributed by atoms with Gasteiger partial charge in [0.15, 0.2) is 0 Å². The van der Waals surface area contributed by atoms with Crippen LogP contribution in [0.3, 0.4) is 0 Å². The minimum atomic E-state index is 0.0112. The SMILES string of the molecule is O=C1CC2(CCN(C(=O)c3cnns3)CC2)CN1. The van der Waals surface area contributed by atoms with Crippen LogP contribution >= 0.6 is 11.5 Å². The molecule has 1 aromatic rings. The maximum atomic E-state index is 12.1. The molecule has 0 bridgehead atoms. The molecule has 96 valence electrons. The molecule has 1 N–H and O–H groups in total. The number of amides is 2. The van der Waals surface area contributed by atoms with Crippen LogP contribution in [0, 0.1) is 5.41 Å². The van der Waals surface area contributed by atoms with Gasteiger partial charge in [-0.15, -0.1) is 5.10 Å². The summed E-state index contributed by atoms with van der Waals surface area (Å²) in [5.41, 5.74) is 0.0831. The zero-order valence-electron chi connectivity index (χ0n) is 9.89. The lowest BCUT2D eigenvalue weighted by Crippen LogP contribution is -2.43. The van der Waals surface area contributed by atoms with E-state index in [4.69, 9.17) is 0 Å². The first kappa shape index (κ1) is 11.6. The van der Waals surface area contributed by atoms with Gasteiger partial charge in [-0.2, -0.15) is 0 Å². The highest BCUT2D eigenvalue weighted by Gasteiger charge is 2.41. The van der Waals surface area contributed by atoms with Crippen molar-refractivity contribution in [1.29, 1.82) is 0 Å². The molecule has 0 aliphatic carbocycles. The third-order valence-corrected chi connectivity index (χ3v) is 4.53. The van der Waals surface area contributed by atoms with Gasteiger partial charge in [-0.3, -0.25) is 9.59 Å². The molecule has 2 fully saturated rings. The van der Waals surface area contributed by atoms with Crippen LogP contribution in [0.4, 0.5) is 0 Å². The summed E-state index contributed by atoms with van der Waals surface area (Å²) < 4.78 is 3.71. The Bertz CT molecular complexity index is 465. The topological polar surface area (TPSA) is 75.2 Å². The first-order valence-corrected chi connectivity index (χ1v) is 6.79. The van der Waals surface area contributed by atoms with Crippen molar-refractivity contribution < 1.29 is 9.59 Å². The van der Waals surface area contributed by atoms with Gasteiger partial charge in [-0.25, -0.2) is 0 Å². The highest BCUT2D eigenvalue weighted by Crippen LogP contribution is 2.37. The largest absolute Gasteiger partial charge is 0.356 e. The maximum Gasteiger partial charge on any atom is 0.267 e. The van der Waals surface area contributed by atoms with E-state index < -0.39 is 0 Å². The average Bonchev–Trinajstić information content (AvgIpc) is 3.00. The fourth-order valence-corrected chi connectivity index (χ4v) is 3.19. The number of piperidine rings is 1. The molecule has 0 saturated carbocycles. The highest BCUT2D eigenvalue weighted by atomic mass is 32.1. The zero-order chi connectivity index (χ0) is 12.6. The molecule has 0 radical (unpaired) electrons. The molecule has 0 unspecified atom stereocenters. The van der Waals surface area contributed by atoms with Gasteiger partial charge in [0.25, 0.3) is 5.91 Å².